The fourth-order valence-electron chi connectivity index (χ4n) is 2.82. The van der Waals surface area contributed by atoms with Crippen LogP contribution in [0.25, 0.3) is 11.1 Å². The molecule has 0 N–H and O–H groups in total. The van der Waals surface area contributed by atoms with E-state index < -0.39 is 0 Å². The van der Waals surface area contributed by atoms with Gasteiger partial charge in [0.2, 0.25) is 0 Å². The van der Waals surface area contributed by atoms with Gasteiger partial charge in [0.1, 0.15) is 5.75 Å². The molecule has 2 aromatic rings. The van der Waals surface area contributed by atoms with Crippen LogP contribution in [0.3, 0.4) is 0 Å². The van der Waals surface area contributed by atoms with Gasteiger partial charge < -0.3 is 4.74 Å². The van der Waals surface area contributed by atoms with Crippen molar-refractivity contribution >= 4 is 22.7 Å². The second-order valence-electron chi connectivity index (χ2n) is 6.77. The van der Waals surface area contributed by atoms with Crippen LogP contribution in [0.1, 0.15) is 69.1 Å². The summed E-state index contributed by atoms with van der Waals surface area (Å²) in [6, 6.07) is 16.7. The lowest BCUT2D eigenvalue weighted by atomic mass is 10.1. The quantitative estimate of drug-likeness (QED) is 0.290. The van der Waals surface area contributed by atoms with Crippen molar-refractivity contribution < 1.29 is 4.74 Å². The highest BCUT2D eigenvalue weighted by Crippen LogP contribution is 2.24. The summed E-state index contributed by atoms with van der Waals surface area (Å²) < 4.78 is 5.79. The summed E-state index contributed by atoms with van der Waals surface area (Å²) in [6.07, 6.45) is 10.5. The molecule has 26 heavy (non-hydrogen) atoms. The highest BCUT2D eigenvalue weighted by Gasteiger charge is 2.01. The van der Waals surface area contributed by atoms with E-state index in [-0.39, 0.29) is 0 Å². The van der Waals surface area contributed by atoms with Gasteiger partial charge in [-0.25, -0.2) is 0 Å². The van der Waals surface area contributed by atoms with Crippen LogP contribution in [-0.2, 0) is 6.42 Å². The van der Waals surface area contributed by atoms with Crippen LogP contribution in [-0.4, -0.2) is 6.61 Å². The second kappa shape index (κ2) is 11.8. The molecule has 0 aromatic heterocycles. The smallest absolute Gasteiger partial charge is 0.119 e. The van der Waals surface area contributed by atoms with Gasteiger partial charge in [0.15, 0.2) is 0 Å². The molecule has 0 fully saturated rings. The number of hydrogen-bond acceptors (Lipinski definition) is 1. The zero-order chi connectivity index (χ0) is 18.6. The Morgan fingerprint density at radius 1 is 0.846 bits per heavy atom. The molecule has 0 spiro atoms. The first kappa shape index (κ1) is 20.6. The van der Waals surface area contributed by atoms with E-state index in [0.717, 1.165) is 41.4 Å². The van der Waals surface area contributed by atoms with Gasteiger partial charge in [0.05, 0.1) is 6.61 Å². The van der Waals surface area contributed by atoms with Crippen molar-refractivity contribution in [2.75, 3.05) is 6.61 Å². The van der Waals surface area contributed by atoms with E-state index in [2.05, 4.69) is 50.2 Å². The molecule has 2 rings (SSSR count). The molecule has 2 aromatic carbocycles. The van der Waals surface area contributed by atoms with Crippen LogP contribution in [0.4, 0.5) is 0 Å². The Morgan fingerprint density at radius 3 is 2.19 bits per heavy atom. The third-order valence-corrected chi connectivity index (χ3v) is 4.82. The number of benzene rings is 2. The number of unbranched alkanes of at least 4 members (excludes halogenated alkanes) is 4. The van der Waals surface area contributed by atoms with E-state index in [9.17, 15) is 0 Å². The first-order chi connectivity index (χ1) is 12.7. The summed E-state index contributed by atoms with van der Waals surface area (Å²) in [5.41, 5.74) is 3.52. The summed E-state index contributed by atoms with van der Waals surface area (Å²) in [5, 5.41) is 0.764. The van der Waals surface area contributed by atoms with Crippen LogP contribution in [0.2, 0.25) is 0 Å². The Bertz CT molecular complexity index is 656. The number of rotatable bonds is 11. The Hall–Kier alpha value is -1.73. The molecule has 0 aliphatic carbocycles. The maximum absolute atomic E-state index is 6.50. The van der Waals surface area contributed by atoms with E-state index in [1.165, 1.54) is 37.7 Å². The predicted octanol–water partition coefficient (Wildman–Crippen LogP) is 7.73. The highest BCUT2D eigenvalue weighted by atomic mass is 35.5. The number of ether oxygens (including phenoxy) is 1. The summed E-state index contributed by atoms with van der Waals surface area (Å²) >= 11 is 6.50. The minimum Gasteiger partial charge on any atom is -0.494 e. The van der Waals surface area contributed by atoms with Crippen LogP contribution >= 0.6 is 11.6 Å². The first-order valence-corrected chi connectivity index (χ1v) is 10.3. The lowest BCUT2D eigenvalue weighted by Crippen LogP contribution is -1.96. The number of hydrogen-bond donors (Lipinski definition) is 0. The number of aryl methyl sites for hydroxylation is 1. The average Bonchev–Trinajstić information content (AvgIpc) is 2.68. The molecular weight excluding hydrogens is 340 g/mol. The molecule has 0 aliphatic heterocycles. The van der Waals surface area contributed by atoms with Crippen LogP contribution in [0.15, 0.2) is 48.5 Å². The van der Waals surface area contributed by atoms with E-state index in [4.69, 9.17) is 16.3 Å². The lowest BCUT2D eigenvalue weighted by Gasteiger charge is -2.07. The maximum atomic E-state index is 6.50. The normalized spacial score (nSPS) is 11.6. The van der Waals surface area contributed by atoms with E-state index in [0.29, 0.717) is 0 Å². The van der Waals surface area contributed by atoms with E-state index in [1.807, 2.05) is 18.2 Å². The maximum Gasteiger partial charge on any atom is 0.119 e. The molecule has 0 amide bonds. The van der Waals surface area contributed by atoms with Gasteiger partial charge in [0, 0.05) is 5.03 Å². The van der Waals surface area contributed by atoms with Gasteiger partial charge >= 0.3 is 0 Å². The van der Waals surface area contributed by atoms with Crippen LogP contribution in [0.5, 0.6) is 5.75 Å². The third-order valence-electron chi connectivity index (χ3n) is 4.49. The largest absolute Gasteiger partial charge is 0.494 e. The molecular formula is C24H31ClO. The third kappa shape index (κ3) is 7.25. The molecule has 0 unspecified atom stereocenters. The fraction of sp³-hybridized carbons (Fsp3) is 0.417. The van der Waals surface area contributed by atoms with Gasteiger partial charge in [-0.15, -0.1) is 0 Å². The van der Waals surface area contributed by atoms with Crippen molar-refractivity contribution in [3.63, 3.8) is 0 Å². The zero-order valence-electron chi connectivity index (χ0n) is 16.1. The van der Waals surface area contributed by atoms with Crippen molar-refractivity contribution in [2.24, 2.45) is 0 Å². The lowest BCUT2D eigenvalue weighted by molar-refractivity contribution is 0.305. The Morgan fingerprint density at radius 2 is 1.54 bits per heavy atom. The van der Waals surface area contributed by atoms with E-state index >= 15 is 0 Å². The molecule has 0 heterocycles. The fourth-order valence-corrected chi connectivity index (χ4v) is 3.07. The monoisotopic (exact) mass is 370 g/mol. The second-order valence-corrected chi connectivity index (χ2v) is 7.18. The molecule has 0 radical (unpaired) electrons. The van der Waals surface area contributed by atoms with Crippen molar-refractivity contribution in [3.05, 3.63) is 65.2 Å². The Labute approximate surface area is 164 Å². The van der Waals surface area contributed by atoms with Gasteiger partial charge in [0.25, 0.3) is 0 Å². The van der Waals surface area contributed by atoms with Crippen molar-refractivity contribution in [1.82, 2.24) is 0 Å². The molecule has 1 nitrogen and oxygen atoms in total. The number of halogens is 1. The molecule has 2 heteroatoms. The summed E-state index contributed by atoms with van der Waals surface area (Å²) in [5.74, 6) is 0.926. The van der Waals surface area contributed by atoms with Crippen molar-refractivity contribution in [3.8, 4) is 5.75 Å². The summed E-state index contributed by atoms with van der Waals surface area (Å²) in [4.78, 5) is 0. The molecule has 0 atom stereocenters. The minimum atomic E-state index is 0.764. The topological polar surface area (TPSA) is 9.23 Å². The predicted molar refractivity (Wildman–Crippen MR) is 115 cm³/mol. The Balaban J connectivity index is 1.89. The van der Waals surface area contributed by atoms with Crippen molar-refractivity contribution in [2.45, 2.75) is 58.8 Å². The van der Waals surface area contributed by atoms with Crippen LogP contribution in [0, 0.1) is 0 Å². The molecule has 0 bridgehead atoms. The molecule has 140 valence electrons. The molecule has 0 aliphatic rings. The van der Waals surface area contributed by atoms with Gasteiger partial charge in [-0.3, -0.25) is 0 Å². The van der Waals surface area contributed by atoms with Crippen LogP contribution < -0.4 is 4.74 Å². The highest BCUT2D eigenvalue weighted by molar-refractivity contribution is 6.51. The summed E-state index contributed by atoms with van der Waals surface area (Å²) in [7, 11) is 0. The molecule has 0 saturated carbocycles. The molecule has 0 saturated heterocycles. The standard InChI is InChI=1S/C24H31ClO/c1-3-5-7-8-18-26-23-16-12-21(13-17-23)19-24(25)22-14-10-20(11-15-22)9-6-4-2/h10-17,19H,3-9,18H2,1-2H3. The van der Waals surface area contributed by atoms with E-state index in [1.54, 1.807) is 0 Å². The van der Waals surface area contributed by atoms with Gasteiger partial charge in [-0.05, 0) is 54.2 Å². The first-order valence-electron chi connectivity index (χ1n) is 9.92. The Kier molecular flexibility index (Phi) is 9.34. The SMILES string of the molecule is CCCCCCOc1ccc(C=C(Cl)c2ccc(CCCC)cc2)cc1. The summed E-state index contributed by atoms with van der Waals surface area (Å²) in [6.45, 7) is 5.23. The van der Waals surface area contributed by atoms with Gasteiger partial charge in [-0.1, -0.05) is 87.5 Å². The van der Waals surface area contributed by atoms with Gasteiger partial charge in [-0.2, -0.15) is 0 Å². The minimum absolute atomic E-state index is 0.764. The van der Waals surface area contributed by atoms with Crippen molar-refractivity contribution in [1.29, 1.82) is 0 Å². The average molecular weight is 371 g/mol. The zero-order valence-corrected chi connectivity index (χ0v) is 16.9.